The van der Waals surface area contributed by atoms with Gasteiger partial charge in [0.25, 0.3) is 0 Å². The second-order valence-corrected chi connectivity index (χ2v) is 7.03. The number of imidazole rings is 1. The van der Waals surface area contributed by atoms with Crippen LogP contribution >= 0.6 is 0 Å². The third kappa shape index (κ3) is 3.08. The largest absolute Gasteiger partial charge is 0.399 e. The lowest BCUT2D eigenvalue weighted by molar-refractivity contribution is 0.827. The quantitative estimate of drug-likeness (QED) is 0.501. The summed E-state index contributed by atoms with van der Waals surface area (Å²) < 4.78 is 2.27. The number of hydrogen-bond donors (Lipinski definition) is 1. The highest BCUT2D eigenvalue weighted by atomic mass is 15.1. The molecule has 26 heavy (non-hydrogen) atoms. The van der Waals surface area contributed by atoms with E-state index in [1.807, 2.05) is 24.3 Å². The highest BCUT2D eigenvalue weighted by Gasteiger charge is 2.13. The predicted molar refractivity (Wildman–Crippen MR) is 109 cm³/mol. The van der Waals surface area contributed by atoms with E-state index < -0.39 is 0 Å². The molecule has 130 valence electrons. The Balaban J connectivity index is 1.81. The third-order valence-corrected chi connectivity index (χ3v) is 4.79. The first-order chi connectivity index (χ1) is 12.6. The van der Waals surface area contributed by atoms with Crippen molar-refractivity contribution in [1.82, 2.24) is 9.55 Å². The second-order valence-electron chi connectivity index (χ2n) is 7.03. The van der Waals surface area contributed by atoms with Gasteiger partial charge in [0.2, 0.25) is 0 Å². The molecule has 4 aromatic rings. The molecular formula is C23H23N3. The fourth-order valence-electron chi connectivity index (χ4n) is 3.32. The van der Waals surface area contributed by atoms with Crippen LogP contribution in [-0.4, -0.2) is 9.55 Å². The molecule has 1 heterocycles. The van der Waals surface area contributed by atoms with Crippen molar-refractivity contribution in [3.8, 4) is 11.4 Å². The Morgan fingerprint density at radius 3 is 2.42 bits per heavy atom. The molecule has 4 rings (SSSR count). The van der Waals surface area contributed by atoms with Crippen LogP contribution in [0.1, 0.15) is 30.9 Å². The summed E-state index contributed by atoms with van der Waals surface area (Å²) in [7, 11) is 0. The molecular weight excluding hydrogens is 318 g/mol. The van der Waals surface area contributed by atoms with Crippen LogP contribution in [0.4, 0.5) is 5.69 Å². The van der Waals surface area contributed by atoms with E-state index >= 15 is 0 Å². The van der Waals surface area contributed by atoms with Crippen LogP contribution in [0.15, 0.2) is 72.8 Å². The maximum atomic E-state index is 6.00. The Morgan fingerprint density at radius 1 is 0.923 bits per heavy atom. The summed E-state index contributed by atoms with van der Waals surface area (Å²) in [5.74, 6) is 1.49. The smallest absolute Gasteiger partial charge is 0.141 e. The van der Waals surface area contributed by atoms with Crippen molar-refractivity contribution in [2.75, 3.05) is 5.73 Å². The van der Waals surface area contributed by atoms with E-state index in [-0.39, 0.29) is 0 Å². The van der Waals surface area contributed by atoms with E-state index in [0.717, 1.165) is 34.7 Å². The van der Waals surface area contributed by atoms with E-state index in [0.29, 0.717) is 5.92 Å². The van der Waals surface area contributed by atoms with Crippen molar-refractivity contribution in [3.05, 3.63) is 83.9 Å². The maximum Gasteiger partial charge on any atom is 0.141 e. The van der Waals surface area contributed by atoms with Gasteiger partial charge < -0.3 is 10.3 Å². The second kappa shape index (κ2) is 6.68. The molecule has 0 fully saturated rings. The molecule has 0 atom stereocenters. The average molecular weight is 341 g/mol. The number of hydrogen-bond acceptors (Lipinski definition) is 2. The molecule has 0 saturated heterocycles. The fraction of sp³-hybridized carbons (Fsp3) is 0.174. The van der Waals surface area contributed by atoms with Gasteiger partial charge in [0, 0.05) is 17.8 Å². The van der Waals surface area contributed by atoms with Crippen LogP contribution in [0.5, 0.6) is 0 Å². The minimum Gasteiger partial charge on any atom is -0.399 e. The van der Waals surface area contributed by atoms with Crippen molar-refractivity contribution < 1.29 is 0 Å². The number of nitrogens with two attached hydrogens (primary N) is 1. The number of rotatable bonds is 4. The Hall–Kier alpha value is -3.07. The van der Waals surface area contributed by atoms with Crippen LogP contribution in [0.3, 0.4) is 0 Å². The first kappa shape index (κ1) is 16.4. The lowest BCUT2D eigenvalue weighted by Gasteiger charge is -2.11. The van der Waals surface area contributed by atoms with Crippen molar-refractivity contribution in [2.24, 2.45) is 0 Å². The van der Waals surface area contributed by atoms with E-state index in [1.54, 1.807) is 0 Å². The van der Waals surface area contributed by atoms with E-state index in [1.165, 1.54) is 11.1 Å². The molecule has 3 nitrogen and oxygen atoms in total. The number of anilines is 1. The molecule has 3 heteroatoms. The molecule has 0 bridgehead atoms. The predicted octanol–water partition coefficient (Wildman–Crippen LogP) is 5.46. The topological polar surface area (TPSA) is 43.8 Å². The molecule has 0 amide bonds. The summed E-state index contributed by atoms with van der Waals surface area (Å²) in [6, 6.07) is 25.1. The lowest BCUT2D eigenvalue weighted by atomic mass is 10.0. The van der Waals surface area contributed by atoms with E-state index in [9.17, 15) is 0 Å². The van der Waals surface area contributed by atoms with Gasteiger partial charge in [-0.05, 0) is 41.3 Å². The fourth-order valence-corrected chi connectivity index (χ4v) is 3.32. The molecule has 1 aromatic heterocycles. The van der Waals surface area contributed by atoms with Gasteiger partial charge in [-0.15, -0.1) is 0 Å². The normalized spacial score (nSPS) is 11.3. The summed E-state index contributed by atoms with van der Waals surface area (Å²) in [6.07, 6.45) is 0. The van der Waals surface area contributed by atoms with E-state index in [2.05, 4.69) is 66.9 Å². The number of nitrogens with zero attached hydrogens (tertiary/aromatic N) is 2. The standard InChI is InChI=1S/C23H23N3/c1-16(2)18-12-10-17(11-13-18)15-26-22-9-4-3-8-21(22)25-23(26)19-6-5-7-20(24)14-19/h3-14,16H,15,24H2,1-2H3. The Kier molecular flexibility index (Phi) is 4.21. The third-order valence-electron chi connectivity index (χ3n) is 4.79. The number of para-hydroxylation sites is 2. The van der Waals surface area contributed by atoms with Gasteiger partial charge in [0.1, 0.15) is 5.82 Å². The van der Waals surface area contributed by atoms with Crippen molar-refractivity contribution in [1.29, 1.82) is 0 Å². The maximum absolute atomic E-state index is 6.00. The Morgan fingerprint density at radius 2 is 1.69 bits per heavy atom. The van der Waals surface area contributed by atoms with Crippen LogP contribution < -0.4 is 5.73 Å². The monoisotopic (exact) mass is 341 g/mol. The minimum absolute atomic E-state index is 0.543. The van der Waals surface area contributed by atoms with Crippen LogP contribution in [0.2, 0.25) is 0 Å². The zero-order chi connectivity index (χ0) is 18.1. The van der Waals surface area contributed by atoms with Crippen molar-refractivity contribution in [2.45, 2.75) is 26.3 Å². The summed E-state index contributed by atoms with van der Waals surface area (Å²) >= 11 is 0. The molecule has 0 radical (unpaired) electrons. The number of fused-ring (bicyclic) bond motifs is 1. The van der Waals surface area contributed by atoms with Gasteiger partial charge in [-0.3, -0.25) is 0 Å². The molecule has 0 aliphatic carbocycles. The first-order valence-corrected chi connectivity index (χ1v) is 9.02. The SMILES string of the molecule is CC(C)c1ccc(Cn2c(-c3cccc(N)c3)nc3ccccc32)cc1. The molecule has 0 spiro atoms. The Bertz CT molecular complexity index is 1040. The number of nitrogen functional groups attached to an aromatic ring is 1. The summed E-state index contributed by atoms with van der Waals surface area (Å²) in [5, 5.41) is 0. The van der Waals surface area contributed by atoms with Gasteiger partial charge in [0.15, 0.2) is 0 Å². The van der Waals surface area contributed by atoms with Crippen molar-refractivity contribution >= 4 is 16.7 Å². The summed E-state index contributed by atoms with van der Waals surface area (Å²) in [4.78, 5) is 4.87. The summed E-state index contributed by atoms with van der Waals surface area (Å²) in [5.41, 5.74) is 12.6. The van der Waals surface area contributed by atoms with Gasteiger partial charge in [-0.25, -0.2) is 4.98 Å². The zero-order valence-corrected chi connectivity index (χ0v) is 15.2. The van der Waals surface area contributed by atoms with E-state index in [4.69, 9.17) is 10.7 Å². The van der Waals surface area contributed by atoms with Gasteiger partial charge in [-0.1, -0.05) is 62.4 Å². The minimum atomic E-state index is 0.543. The number of benzene rings is 3. The molecule has 0 saturated carbocycles. The molecule has 0 unspecified atom stereocenters. The Labute approximate surface area is 154 Å². The lowest BCUT2D eigenvalue weighted by Crippen LogP contribution is -2.03. The van der Waals surface area contributed by atoms with Crippen LogP contribution in [-0.2, 0) is 6.54 Å². The van der Waals surface area contributed by atoms with Crippen molar-refractivity contribution in [3.63, 3.8) is 0 Å². The van der Waals surface area contributed by atoms with Crippen LogP contribution in [0, 0.1) is 0 Å². The van der Waals surface area contributed by atoms with Crippen LogP contribution in [0.25, 0.3) is 22.4 Å². The molecule has 0 aliphatic heterocycles. The van der Waals surface area contributed by atoms with Gasteiger partial charge >= 0.3 is 0 Å². The zero-order valence-electron chi connectivity index (χ0n) is 15.2. The average Bonchev–Trinajstić information content (AvgIpc) is 3.01. The highest BCUT2D eigenvalue weighted by Crippen LogP contribution is 2.27. The molecule has 2 N–H and O–H groups in total. The molecule has 0 aliphatic rings. The highest BCUT2D eigenvalue weighted by molar-refractivity contribution is 5.81. The van der Waals surface area contributed by atoms with Gasteiger partial charge in [0.05, 0.1) is 11.0 Å². The molecule has 3 aromatic carbocycles. The summed E-state index contributed by atoms with van der Waals surface area (Å²) in [6.45, 7) is 5.22. The first-order valence-electron chi connectivity index (χ1n) is 9.02. The number of aromatic nitrogens is 2. The van der Waals surface area contributed by atoms with Gasteiger partial charge in [-0.2, -0.15) is 0 Å².